The third-order valence-electron chi connectivity index (χ3n) is 2.93. The van der Waals surface area contributed by atoms with Gasteiger partial charge in [-0.2, -0.15) is 0 Å². The number of rotatable bonds is 6. The van der Waals surface area contributed by atoms with Crippen LogP contribution in [-0.4, -0.2) is 23.1 Å². The van der Waals surface area contributed by atoms with Crippen LogP contribution < -0.4 is 16.0 Å². The lowest BCUT2D eigenvalue weighted by Gasteiger charge is -2.15. The zero-order valence-corrected chi connectivity index (χ0v) is 10.9. The highest BCUT2D eigenvalue weighted by Crippen LogP contribution is 2.10. The number of nitrogens with zero attached hydrogens (tertiary/aromatic N) is 2. The van der Waals surface area contributed by atoms with Gasteiger partial charge in [-0.1, -0.05) is 12.1 Å². The summed E-state index contributed by atoms with van der Waals surface area (Å²) in [6, 6.07) is 7.98. The van der Waals surface area contributed by atoms with Gasteiger partial charge in [-0.3, -0.25) is 16.3 Å². The molecule has 0 aliphatic rings. The first kappa shape index (κ1) is 13.5. The molecule has 5 heteroatoms. The van der Waals surface area contributed by atoms with Crippen molar-refractivity contribution in [2.45, 2.75) is 18.9 Å². The monoisotopic (exact) mass is 258 g/mol. The fourth-order valence-corrected chi connectivity index (χ4v) is 1.93. The SMILES string of the molecule is COc1ccc(CC(Cc2cccnc2)NN)cn1. The molecule has 2 aromatic heterocycles. The molecule has 100 valence electrons. The van der Waals surface area contributed by atoms with Crippen molar-refractivity contribution in [2.75, 3.05) is 7.11 Å². The minimum Gasteiger partial charge on any atom is -0.481 e. The molecule has 0 saturated heterocycles. The Labute approximate surface area is 112 Å². The van der Waals surface area contributed by atoms with E-state index in [0.29, 0.717) is 5.88 Å². The smallest absolute Gasteiger partial charge is 0.212 e. The van der Waals surface area contributed by atoms with Crippen LogP contribution in [0, 0.1) is 0 Å². The Hall–Kier alpha value is -1.98. The second kappa shape index (κ2) is 6.82. The number of hydrogen-bond acceptors (Lipinski definition) is 5. The summed E-state index contributed by atoms with van der Waals surface area (Å²) in [4.78, 5) is 8.29. The zero-order valence-electron chi connectivity index (χ0n) is 10.9. The topological polar surface area (TPSA) is 73.1 Å². The Morgan fingerprint density at radius 3 is 2.53 bits per heavy atom. The van der Waals surface area contributed by atoms with Crippen LogP contribution in [0.1, 0.15) is 11.1 Å². The molecule has 0 aliphatic carbocycles. The molecule has 1 atom stereocenters. The molecule has 2 heterocycles. The fourth-order valence-electron chi connectivity index (χ4n) is 1.93. The highest BCUT2D eigenvalue weighted by atomic mass is 16.5. The molecule has 0 bridgehead atoms. The molecule has 0 saturated carbocycles. The van der Waals surface area contributed by atoms with Crippen molar-refractivity contribution in [3.8, 4) is 5.88 Å². The predicted molar refractivity (Wildman–Crippen MR) is 73.5 cm³/mol. The molecular weight excluding hydrogens is 240 g/mol. The van der Waals surface area contributed by atoms with Crippen molar-refractivity contribution in [1.29, 1.82) is 0 Å². The van der Waals surface area contributed by atoms with Crippen LogP contribution in [0.15, 0.2) is 42.9 Å². The van der Waals surface area contributed by atoms with Gasteiger partial charge in [-0.25, -0.2) is 4.98 Å². The third-order valence-corrected chi connectivity index (χ3v) is 2.93. The quantitative estimate of drug-likeness (QED) is 0.599. The fraction of sp³-hybridized carbons (Fsp3) is 0.286. The van der Waals surface area contributed by atoms with E-state index >= 15 is 0 Å². The van der Waals surface area contributed by atoms with Gasteiger partial charge in [0.2, 0.25) is 5.88 Å². The van der Waals surface area contributed by atoms with Crippen LogP contribution in [0.25, 0.3) is 0 Å². The molecule has 2 aromatic rings. The van der Waals surface area contributed by atoms with E-state index in [2.05, 4.69) is 15.4 Å². The average Bonchev–Trinajstić information content (AvgIpc) is 2.48. The molecular formula is C14H18N4O. The van der Waals surface area contributed by atoms with Crippen molar-refractivity contribution in [3.05, 3.63) is 54.0 Å². The number of methoxy groups -OCH3 is 1. The summed E-state index contributed by atoms with van der Waals surface area (Å²) in [5, 5.41) is 0. The van der Waals surface area contributed by atoms with Crippen molar-refractivity contribution >= 4 is 0 Å². The van der Waals surface area contributed by atoms with E-state index in [-0.39, 0.29) is 6.04 Å². The predicted octanol–water partition coefficient (Wildman–Crippen LogP) is 1.10. The number of ether oxygens (including phenoxy) is 1. The van der Waals surface area contributed by atoms with E-state index in [0.717, 1.165) is 24.0 Å². The maximum absolute atomic E-state index is 5.61. The lowest BCUT2D eigenvalue weighted by atomic mass is 10.0. The first-order valence-electron chi connectivity index (χ1n) is 6.15. The van der Waals surface area contributed by atoms with Crippen LogP contribution in [0.2, 0.25) is 0 Å². The molecule has 0 radical (unpaired) electrons. The van der Waals surface area contributed by atoms with Crippen molar-refractivity contribution in [3.63, 3.8) is 0 Å². The van der Waals surface area contributed by atoms with Crippen molar-refractivity contribution in [2.24, 2.45) is 5.84 Å². The van der Waals surface area contributed by atoms with Crippen LogP contribution in [0.4, 0.5) is 0 Å². The van der Waals surface area contributed by atoms with Gasteiger partial charge >= 0.3 is 0 Å². The molecule has 3 N–H and O–H groups in total. The average molecular weight is 258 g/mol. The Kier molecular flexibility index (Phi) is 4.83. The first-order chi connectivity index (χ1) is 9.31. The van der Waals surface area contributed by atoms with E-state index in [9.17, 15) is 0 Å². The maximum Gasteiger partial charge on any atom is 0.212 e. The normalized spacial score (nSPS) is 12.1. The number of nitrogens with one attached hydrogen (secondary N) is 1. The first-order valence-corrected chi connectivity index (χ1v) is 6.15. The Morgan fingerprint density at radius 2 is 2.00 bits per heavy atom. The van der Waals surface area contributed by atoms with Gasteiger partial charge in [-0.05, 0) is 30.0 Å². The summed E-state index contributed by atoms with van der Waals surface area (Å²) in [5.41, 5.74) is 5.12. The van der Waals surface area contributed by atoms with Gasteiger partial charge in [0.25, 0.3) is 0 Å². The standard InChI is InChI=1S/C14H18N4O/c1-19-14-5-4-12(10-17-14)8-13(18-15)7-11-3-2-6-16-9-11/h2-6,9-10,13,18H,7-8,15H2,1H3. The van der Waals surface area contributed by atoms with Crippen LogP contribution in [0.3, 0.4) is 0 Å². The minimum atomic E-state index is 0.152. The van der Waals surface area contributed by atoms with Gasteiger partial charge < -0.3 is 4.74 Å². The van der Waals surface area contributed by atoms with E-state index in [1.165, 1.54) is 0 Å². The molecule has 1 unspecified atom stereocenters. The lowest BCUT2D eigenvalue weighted by Crippen LogP contribution is -2.38. The molecule has 5 nitrogen and oxygen atoms in total. The van der Waals surface area contributed by atoms with Gasteiger partial charge in [-0.15, -0.1) is 0 Å². The number of nitrogens with two attached hydrogens (primary N) is 1. The minimum absolute atomic E-state index is 0.152. The Morgan fingerprint density at radius 1 is 1.21 bits per heavy atom. The summed E-state index contributed by atoms with van der Waals surface area (Å²) in [5.74, 6) is 6.23. The molecule has 0 amide bonds. The highest BCUT2D eigenvalue weighted by molar-refractivity contribution is 5.19. The second-order valence-electron chi connectivity index (χ2n) is 4.34. The third kappa shape index (κ3) is 4.01. The summed E-state index contributed by atoms with van der Waals surface area (Å²) in [6.45, 7) is 0. The molecule has 19 heavy (non-hydrogen) atoms. The van der Waals surface area contributed by atoms with Crippen LogP contribution >= 0.6 is 0 Å². The van der Waals surface area contributed by atoms with E-state index in [1.54, 1.807) is 13.3 Å². The summed E-state index contributed by atoms with van der Waals surface area (Å²) >= 11 is 0. The Bertz CT molecular complexity index is 487. The van der Waals surface area contributed by atoms with Crippen molar-refractivity contribution in [1.82, 2.24) is 15.4 Å². The summed E-state index contributed by atoms with van der Waals surface area (Å²) in [7, 11) is 1.61. The number of aromatic nitrogens is 2. The molecule has 0 aromatic carbocycles. The molecule has 0 fully saturated rings. The largest absolute Gasteiger partial charge is 0.481 e. The molecule has 0 aliphatic heterocycles. The van der Waals surface area contributed by atoms with E-state index in [4.69, 9.17) is 10.6 Å². The lowest BCUT2D eigenvalue weighted by molar-refractivity contribution is 0.397. The number of pyridine rings is 2. The second-order valence-corrected chi connectivity index (χ2v) is 4.34. The van der Waals surface area contributed by atoms with Gasteiger partial charge in [0.15, 0.2) is 0 Å². The zero-order chi connectivity index (χ0) is 13.5. The van der Waals surface area contributed by atoms with Gasteiger partial charge in [0.05, 0.1) is 7.11 Å². The number of hydrogen-bond donors (Lipinski definition) is 2. The van der Waals surface area contributed by atoms with E-state index < -0.39 is 0 Å². The molecule has 2 rings (SSSR count). The van der Waals surface area contributed by atoms with Gasteiger partial charge in [0.1, 0.15) is 0 Å². The van der Waals surface area contributed by atoms with Gasteiger partial charge in [0, 0.05) is 30.7 Å². The van der Waals surface area contributed by atoms with Crippen molar-refractivity contribution < 1.29 is 4.74 Å². The van der Waals surface area contributed by atoms with Crippen LogP contribution in [-0.2, 0) is 12.8 Å². The van der Waals surface area contributed by atoms with E-state index in [1.807, 2.05) is 36.7 Å². The highest BCUT2D eigenvalue weighted by Gasteiger charge is 2.09. The number of hydrazine groups is 1. The summed E-state index contributed by atoms with van der Waals surface area (Å²) in [6.07, 6.45) is 7.07. The summed E-state index contributed by atoms with van der Waals surface area (Å²) < 4.78 is 5.04. The maximum atomic E-state index is 5.61. The Balaban J connectivity index is 1.98. The molecule has 0 spiro atoms. The van der Waals surface area contributed by atoms with Crippen LogP contribution in [0.5, 0.6) is 5.88 Å².